The Morgan fingerprint density at radius 1 is 1.33 bits per heavy atom. The zero-order valence-corrected chi connectivity index (χ0v) is 12.9. The summed E-state index contributed by atoms with van der Waals surface area (Å²) in [6.07, 6.45) is 1.11. The number of benzene rings is 1. The summed E-state index contributed by atoms with van der Waals surface area (Å²) < 4.78 is 0. The third-order valence-corrected chi connectivity index (χ3v) is 2.98. The van der Waals surface area contributed by atoms with Crippen molar-refractivity contribution < 1.29 is 15.0 Å². The van der Waals surface area contributed by atoms with Gasteiger partial charge in [0.1, 0.15) is 5.76 Å². The first-order valence-electron chi connectivity index (χ1n) is 5.99. The minimum atomic E-state index is -0.942. The Labute approximate surface area is 133 Å². The highest BCUT2D eigenvalue weighted by molar-refractivity contribution is 6.35. The molecule has 0 radical (unpaired) electrons. The van der Waals surface area contributed by atoms with Crippen LogP contribution >= 0.6 is 23.2 Å². The second-order valence-corrected chi connectivity index (χ2v) is 5.22. The van der Waals surface area contributed by atoms with Gasteiger partial charge in [0.05, 0.1) is 17.2 Å². The number of carboxylic acid groups (broad SMARTS) is 1. The van der Waals surface area contributed by atoms with E-state index in [-0.39, 0.29) is 17.2 Å². The molecule has 4 nitrogen and oxygen atoms in total. The molecule has 0 saturated carbocycles. The summed E-state index contributed by atoms with van der Waals surface area (Å²) in [5.74, 6) is -1.15. The van der Waals surface area contributed by atoms with Crippen LogP contribution in [0.2, 0.25) is 0 Å². The van der Waals surface area contributed by atoms with Crippen LogP contribution < -0.4 is 5.32 Å². The molecule has 1 rings (SSSR count). The first-order valence-corrected chi connectivity index (χ1v) is 6.75. The molecule has 0 amide bonds. The van der Waals surface area contributed by atoms with Crippen molar-refractivity contribution in [2.24, 2.45) is 0 Å². The highest BCUT2D eigenvalue weighted by Gasteiger charge is 2.11. The molecule has 21 heavy (non-hydrogen) atoms. The average molecular weight is 328 g/mol. The molecule has 1 aromatic carbocycles. The van der Waals surface area contributed by atoms with E-state index in [1.807, 2.05) is 0 Å². The molecule has 0 fully saturated rings. The Bertz CT molecular complexity index is 617. The van der Waals surface area contributed by atoms with Crippen molar-refractivity contribution in [1.82, 2.24) is 0 Å². The van der Waals surface area contributed by atoms with Crippen molar-refractivity contribution in [2.75, 3.05) is 5.32 Å². The lowest BCUT2D eigenvalue weighted by Gasteiger charge is -2.14. The van der Waals surface area contributed by atoms with E-state index >= 15 is 0 Å². The van der Waals surface area contributed by atoms with Gasteiger partial charge in [0.2, 0.25) is 0 Å². The van der Waals surface area contributed by atoms with Gasteiger partial charge in [0.25, 0.3) is 0 Å². The molecule has 0 aromatic heterocycles. The molecule has 1 aromatic rings. The number of rotatable bonds is 6. The molecular weight excluding hydrogens is 313 g/mol. The third kappa shape index (κ3) is 5.53. The minimum Gasteiger partial charge on any atom is -0.509 e. The van der Waals surface area contributed by atoms with Crippen LogP contribution in [0.25, 0.3) is 0 Å². The van der Waals surface area contributed by atoms with E-state index in [0.29, 0.717) is 22.0 Å². The Morgan fingerprint density at radius 3 is 2.48 bits per heavy atom. The smallest absolute Gasteiger partial charge is 0.307 e. The number of anilines is 1. The first-order chi connectivity index (χ1) is 9.81. The highest BCUT2D eigenvalue weighted by atomic mass is 35.5. The van der Waals surface area contributed by atoms with Crippen molar-refractivity contribution in [2.45, 2.75) is 13.3 Å². The van der Waals surface area contributed by atoms with Crippen molar-refractivity contribution in [3.63, 3.8) is 0 Å². The van der Waals surface area contributed by atoms with Gasteiger partial charge in [-0.3, -0.25) is 4.79 Å². The number of nitrogens with one attached hydrogen (secondary N) is 1. The fourth-order valence-corrected chi connectivity index (χ4v) is 2.14. The maximum Gasteiger partial charge on any atom is 0.307 e. The Morgan fingerprint density at radius 2 is 1.95 bits per heavy atom. The molecule has 0 aliphatic heterocycles. The van der Waals surface area contributed by atoms with Crippen LogP contribution in [0.15, 0.2) is 58.4 Å². The zero-order valence-electron chi connectivity index (χ0n) is 11.4. The van der Waals surface area contributed by atoms with Gasteiger partial charge in [-0.1, -0.05) is 48.0 Å². The van der Waals surface area contributed by atoms with Gasteiger partial charge in [-0.05, 0) is 18.6 Å². The molecule has 0 spiro atoms. The number of hydrogen-bond acceptors (Lipinski definition) is 3. The van der Waals surface area contributed by atoms with Crippen LogP contribution in [0.4, 0.5) is 5.69 Å². The molecule has 0 unspecified atom stereocenters. The molecule has 112 valence electrons. The van der Waals surface area contributed by atoms with Gasteiger partial charge >= 0.3 is 5.97 Å². The molecule has 0 atom stereocenters. The largest absolute Gasteiger partial charge is 0.509 e. The molecular formula is C15H15Cl2NO3. The average Bonchev–Trinajstić information content (AvgIpc) is 2.35. The SMILES string of the molecule is C=C(O)/C=C(Cl)\C(Nc1ccccc1CC(=O)O)=C(/C)Cl. The summed E-state index contributed by atoms with van der Waals surface area (Å²) in [6.45, 7) is 4.95. The van der Waals surface area contributed by atoms with Crippen LogP contribution in [0.3, 0.4) is 0 Å². The van der Waals surface area contributed by atoms with Gasteiger partial charge < -0.3 is 15.5 Å². The van der Waals surface area contributed by atoms with Crippen LogP contribution in [0.1, 0.15) is 12.5 Å². The van der Waals surface area contributed by atoms with Crippen molar-refractivity contribution >= 4 is 34.9 Å². The second-order valence-electron chi connectivity index (χ2n) is 4.24. The monoisotopic (exact) mass is 327 g/mol. The standard InChI is InChI=1S/C15H15Cl2NO3/c1-9(19)7-12(17)15(10(2)16)18-13-6-4-3-5-11(13)8-14(20)21/h3-7,18-19H,1,8H2,2H3,(H,20,21)/b12-7+,15-10-. The maximum atomic E-state index is 10.9. The van der Waals surface area contributed by atoms with Gasteiger partial charge in [-0.2, -0.15) is 0 Å². The van der Waals surface area contributed by atoms with E-state index in [1.165, 1.54) is 6.08 Å². The number of aliphatic hydroxyl groups is 1. The van der Waals surface area contributed by atoms with Crippen LogP contribution in [0, 0.1) is 0 Å². The first kappa shape index (κ1) is 17.1. The van der Waals surface area contributed by atoms with E-state index in [2.05, 4.69) is 11.9 Å². The summed E-state index contributed by atoms with van der Waals surface area (Å²) in [5.41, 5.74) is 1.53. The third-order valence-electron chi connectivity index (χ3n) is 2.50. The topological polar surface area (TPSA) is 69.6 Å². The van der Waals surface area contributed by atoms with E-state index in [9.17, 15) is 4.79 Å². The van der Waals surface area contributed by atoms with E-state index in [1.54, 1.807) is 31.2 Å². The lowest BCUT2D eigenvalue weighted by Crippen LogP contribution is -2.07. The zero-order chi connectivity index (χ0) is 16.0. The van der Waals surface area contributed by atoms with Gasteiger partial charge in [0, 0.05) is 16.8 Å². The molecule has 6 heteroatoms. The number of aliphatic hydroxyl groups excluding tert-OH is 1. The quantitative estimate of drug-likeness (QED) is 0.535. The maximum absolute atomic E-state index is 10.9. The van der Waals surface area contributed by atoms with Crippen LogP contribution in [-0.4, -0.2) is 16.2 Å². The Hall–Kier alpha value is -1.91. The Kier molecular flexibility index (Phi) is 6.34. The molecule has 0 heterocycles. The summed E-state index contributed by atoms with van der Waals surface area (Å²) in [4.78, 5) is 10.9. The predicted molar refractivity (Wildman–Crippen MR) is 85.7 cm³/mol. The normalized spacial score (nSPS) is 12.6. The number of allylic oxidation sites excluding steroid dienone is 3. The van der Waals surface area contributed by atoms with Crippen LogP contribution in [0.5, 0.6) is 0 Å². The number of carbonyl (C=O) groups is 1. The second kappa shape index (κ2) is 7.76. The Balaban J connectivity index is 3.15. The molecule has 0 bridgehead atoms. The number of para-hydroxylation sites is 1. The van der Waals surface area contributed by atoms with E-state index < -0.39 is 5.97 Å². The van der Waals surface area contributed by atoms with E-state index in [0.717, 1.165) is 0 Å². The number of hydrogen-bond donors (Lipinski definition) is 3. The minimum absolute atomic E-state index is 0.133. The molecule has 0 aliphatic carbocycles. The number of halogens is 2. The van der Waals surface area contributed by atoms with Crippen molar-refractivity contribution in [3.05, 3.63) is 64.0 Å². The molecule has 0 saturated heterocycles. The number of carboxylic acids is 1. The fourth-order valence-electron chi connectivity index (χ4n) is 1.62. The fraction of sp³-hybridized carbons (Fsp3) is 0.133. The highest BCUT2D eigenvalue weighted by Crippen LogP contribution is 2.26. The summed E-state index contributed by atoms with van der Waals surface area (Å²) in [6, 6.07) is 6.92. The molecule has 0 aliphatic rings. The summed E-state index contributed by atoms with van der Waals surface area (Å²) in [7, 11) is 0. The van der Waals surface area contributed by atoms with Gasteiger partial charge in [-0.25, -0.2) is 0 Å². The lowest BCUT2D eigenvalue weighted by atomic mass is 10.1. The number of aliphatic carboxylic acids is 1. The van der Waals surface area contributed by atoms with E-state index in [4.69, 9.17) is 33.4 Å². The molecule has 3 N–H and O–H groups in total. The van der Waals surface area contributed by atoms with Crippen LogP contribution in [-0.2, 0) is 11.2 Å². The van der Waals surface area contributed by atoms with Gasteiger partial charge in [-0.15, -0.1) is 0 Å². The summed E-state index contributed by atoms with van der Waals surface area (Å²) in [5, 5.41) is 21.6. The van der Waals surface area contributed by atoms with Crippen molar-refractivity contribution in [1.29, 1.82) is 0 Å². The van der Waals surface area contributed by atoms with Gasteiger partial charge in [0.15, 0.2) is 0 Å². The lowest BCUT2D eigenvalue weighted by molar-refractivity contribution is -0.136. The predicted octanol–water partition coefficient (Wildman–Crippen LogP) is 4.39. The summed E-state index contributed by atoms with van der Waals surface area (Å²) >= 11 is 12.1. The van der Waals surface area contributed by atoms with Crippen molar-refractivity contribution in [3.8, 4) is 0 Å².